The second-order valence-electron chi connectivity index (χ2n) is 3.84. The normalized spacial score (nSPS) is 10.6. The quantitative estimate of drug-likeness (QED) is 0.660. The molecule has 16 heavy (non-hydrogen) atoms. The summed E-state index contributed by atoms with van der Waals surface area (Å²) in [6, 6.07) is 6.80. The van der Waals surface area contributed by atoms with Gasteiger partial charge in [-0.15, -0.1) is 0 Å². The Hall–Kier alpha value is -0.930. The van der Waals surface area contributed by atoms with Crippen molar-refractivity contribution in [1.29, 1.82) is 0 Å². The van der Waals surface area contributed by atoms with E-state index in [2.05, 4.69) is 17.6 Å². The Kier molecular flexibility index (Phi) is 6.77. The molecule has 2 nitrogen and oxygen atoms in total. The van der Waals surface area contributed by atoms with Crippen LogP contribution >= 0.6 is 0 Å². The zero-order valence-electron chi connectivity index (χ0n) is 9.93. The number of hydrogen-bond donors (Lipinski definition) is 2. The second-order valence-corrected chi connectivity index (χ2v) is 3.84. The van der Waals surface area contributed by atoms with Crippen LogP contribution in [0.15, 0.2) is 24.3 Å². The Morgan fingerprint density at radius 2 is 1.94 bits per heavy atom. The minimum atomic E-state index is -0.148. The summed E-state index contributed by atoms with van der Waals surface area (Å²) in [6.07, 6.45) is 2.02. The topological polar surface area (TPSA) is 24.1 Å². The Morgan fingerprint density at radius 3 is 2.69 bits per heavy atom. The Morgan fingerprint density at radius 1 is 1.12 bits per heavy atom. The maximum atomic E-state index is 12.9. The molecule has 0 unspecified atom stereocenters. The maximum Gasteiger partial charge on any atom is 0.123 e. The van der Waals surface area contributed by atoms with Crippen LogP contribution in [0.1, 0.15) is 18.9 Å². The fourth-order valence-electron chi connectivity index (χ4n) is 1.57. The molecule has 0 bridgehead atoms. The first kappa shape index (κ1) is 13.1. The summed E-state index contributed by atoms with van der Waals surface area (Å²) in [5.41, 5.74) is 1.05. The van der Waals surface area contributed by atoms with Crippen molar-refractivity contribution in [1.82, 2.24) is 10.6 Å². The van der Waals surface area contributed by atoms with Gasteiger partial charge >= 0.3 is 0 Å². The molecule has 0 radical (unpaired) electrons. The van der Waals surface area contributed by atoms with Crippen LogP contribution in [-0.4, -0.2) is 26.2 Å². The van der Waals surface area contributed by atoms with E-state index in [1.807, 2.05) is 6.07 Å². The lowest BCUT2D eigenvalue weighted by Crippen LogP contribution is -2.23. The highest BCUT2D eigenvalue weighted by molar-refractivity contribution is 5.16. The minimum absolute atomic E-state index is 0.148. The Balaban J connectivity index is 2.03. The zero-order valence-corrected chi connectivity index (χ0v) is 9.93. The van der Waals surface area contributed by atoms with Gasteiger partial charge in [0.2, 0.25) is 0 Å². The van der Waals surface area contributed by atoms with Crippen molar-refractivity contribution in [3.05, 3.63) is 35.6 Å². The molecule has 1 aromatic carbocycles. The van der Waals surface area contributed by atoms with Crippen molar-refractivity contribution >= 4 is 0 Å². The van der Waals surface area contributed by atoms with Gasteiger partial charge in [0, 0.05) is 0 Å². The third-order valence-electron chi connectivity index (χ3n) is 2.44. The van der Waals surface area contributed by atoms with Crippen molar-refractivity contribution in [3.63, 3.8) is 0 Å². The largest absolute Gasteiger partial charge is 0.317 e. The monoisotopic (exact) mass is 224 g/mol. The zero-order chi connectivity index (χ0) is 11.6. The fraction of sp³-hybridized carbons (Fsp3) is 0.538. The molecular weight excluding hydrogens is 203 g/mol. The van der Waals surface area contributed by atoms with Gasteiger partial charge in [0.05, 0.1) is 0 Å². The van der Waals surface area contributed by atoms with Gasteiger partial charge in [-0.1, -0.05) is 19.1 Å². The molecule has 1 aromatic rings. The van der Waals surface area contributed by atoms with E-state index in [9.17, 15) is 4.39 Å². The molecule has 0 saturated carbocycles. The molecule has 0 aliphatic rings. The van der Waals surface area contributed by atoms with Gasteiger partial charge in [-0.3, -0.25) is 0 Å². The van der Waals surface area contributed by atoms with Crippen LogP contribution in [0.2, 0.25) is 0 Å². The van der Waals surface area contributed by atoms with E-state index in [4.69, 9.17) is 0 Å². The number of hydrogen-bond acceptors (Lipinski definition) is 2. The van der Waals surface area contributed by atoms with Crippen molar-refractivity contribution in [3.8, 4) is 0 Å². The van der Waals surface area contributed by atoms with Crippen LogP contribution in [0.25, 0.3) is 0 Å². The standard InChI is InChI=1S/C13H21FN2/c1-2-15-8-4-9-16-10-7-12-5-3-6-13(14)11-12/h3,5-6,11,15-16H,2,4,7-10H2,1H3. The minimum Gasteiger partial charge on any atom is -0.317 e. The average molecular weight is 224 g/mol. The SMILES string of the molecule is CCNCCCNCCc1cccc(F)c1. The highest BCUT2D eigenvalue weighted by Gasteiger charge is 1.94. The molecule has 2 N–H and O–H groups in total. The summed E-state index contributed by atoms with van der Waals surface area (Å²) in [4.78, 5) is 0. The van der Waals surface area contributed by atoms with Crippen LogP contribution in [0.3, 0.4) is 0 Å². The van der Waals surface area contributed by atoms with Crippen molar-refractivity contribution < 1.29 is 4.39 Å². The lowest BCUT2D eigenvalue weighted by atomic mass is 10.1. The molecule has 0 aliphatic heterocycles. The summed E-state index contributed by atoms with van der Waals surface area (Å²) in [6.45, 7) is 6.13. The van der Waals surface area contributed by atoms with E-state index in [-0.39, 0.29) is 5.82 Å². The average Bonchev–Trinajstić information content (AvgIpc) is 2.28. The molecule has 0 aromatic heterocycles. The molecular formula is C13H21FN2. The summed E-state index contributed by atoms with van der Waals surface area (Å²) in [5.74, 6) is -0.148. The van der Waals surface area contributed by atoms with E-state index in [1.54, 1.807) is 12.1 Å². The molecule has 0 aliphatic carbocycles. The van der Waals surface area contributed by atoms with Gasteiger partial charge in [-0.2, -0.15) is 0 Å². The number of benzene rings is 1. The van der Waals surface area contributed by atoms with E-state index in [1.165, 1.54) is 6.07 Å². The van der Waals surface area contributed by atoms with Gasteiger partial charge in [-0.25, -0.2) is 4.39 Å². The molecule has 3 heteroatoms. The lowest BCUT2D eigenvalue weighted by Gasteiger charge is -2.05. The van der Waals surface area contributed by atoms with Crippen LogP contribution in [0.4, 0.5) is 4.39 Å². The van der Waals surface area contributed by atoms with Gasteiger partial charge in [0.15, 0.2) is 0 Å². The van der Waals surface area contributed by atoms with Gasteiger partial charge in [-0.05, 0) is 56.7 Å². The van der Waals surface area contributed by atoms with E-state index >= 15 is 0 Å². The third-order valence-corrected chi connectivity index (χ3v) is 2.44. The number of rotatable bonds is 8. The second kappa shape index (κ2) is 8.25. The first-order valence-electron chi connectivity index (χ1n) is 5.99. The van der Waals surface area contributed by atoms with Gasteiger partial charge in [0.1, 0.15) is 5.82 Å². The van der Waals surface area contributed by atoms with Crippen LogP contribution in [-0.2, 0) is 6.42 Å². The molecule has 0 heterocycles. The molecule has 0 amide bonds. The summed E-state index contributed by atoms with van der Waals surface area (Å²) in [7, 11) is 0. The number of nitrogens with one attached hydrogen (secondary N) is 2. The summed E-state index contributed by atoms with van der Waals surface area (Å²) >= 11 is 0. The summed E-state index contributed by atoms with van der Waals surface area (Å²) < 4.78 is 12.9. The van der Waals surface area contributed by atoms with E-state index < -0.39 is 0 Å². The Bertz CT molecular complexity index is 289. The predicted molar refractivity (Wildman–Crippen MR) is 66.1 cm³/mol. The van der Waals surface area contributed by atoms with Crippen molar-refractivity contribution in [2.75, 3.05) is 26.2 Å². The van der Waals surface area contributed by atoms with Gasteiger partial charge < -0.3 is 10.6 Å². The highest BCUT2D eigenvalue weighted by atomic mass is 19.1. The van der Waals surface area contributed by atoms with Crippen LogP contribution < -0.4 is 10.6 Å². The Labute approximate surface area is 97.3 Å². The van der Waals surface area contributed by atoms with Crippen LogP contribution in [0.5, 0.6) is 0 Å². The number of halogens is 1. The van der Waals surface area contributed by atoms with Gasteiger partial charge in [0.25, 0.3) is 0 Å². The molecule has 90 valence electrons. The van der Waals surface area contributed by atoms with Crippen molar-refractivity contribution in [2.45, 2.75) is 19.8 Å². The predicted octanol–water partition coefficient (Wildman–Crippen LogP) is 1.96. The first-order chi connectivity index (χ1) is 7.83. The van der Waals surface area contributed by atoms with E-state index in [0.29, 0.717) is 0 Å². The molecule has 1 rings (SSSR count). The van der Waals surface area contributed by atoms with Crippen molar-refractivity contribution in [2.24, 2.45) is 0 Å². The van der Waals surface area contributed by atoms with E-state index in [0.717, 1.165) is 44.6 Å². The maximum absolute atomic E-state index is 12.9. The molecule has 0 atom stereocenters. The highest BCUT2D eigenvalue weighted by Crippen LogP contribution is 2.03. The fourth-order valence-corrected chi connectivity index (χ4v) is 1.57. The molecule has 0 spiro atoms. The van der Waals surface area contributed by atoms with Crippen LogP contribution in [0, 0.1) is 5.82 Å². The first-order valence-corrected chi connectivity index (χ1v) is 5.99. The third kappa shape index (κ3) is 5.83. The lowest BCUT2D eigenvalue weighted by molar-refractivity contribution is 0.603. The summed E-state index contributed by atoms with van der Waals surface area (Å²) in [5, 5.41) is 6.62. The molecule has 0 fully saturated rings. The smallest absolute Gasteiger partial charge is 0.123 e. The molecule has 0 saturated heterocycles.